The van der Waals surface area contributed by atoms with Gasteiger partial charge in [-0.05, 0) is 36.9 Å². The standard InChI is InChI=1S/C14H17ClN2OS/c1-19-9-11(5-7-18)17-14-4-6-16-13-3-2-10(15)8-12(13)14/h2-4,6,8,11,18H,5,7,9H2,1H3,(H,16,17). The molecule has 5 heteroatoms. The Balaban J connectivity index is 2.30. The zero-order chi connectivity index (χ0) is 13.7. The van der Waals surface area contributed by atoms with E-state index in [2.05, 4.69) is 16.6 Å². The molecule has 0 aliphatic heterocycles. The van der Waals surface area contributed by atoms with Gasteiger partial charge >= 0.3 is 0 Å². The molecule has 2 aromatic rings. The molecule has 102 valence electrons. The molecule has 0 aliphatic carbocycles. The van der Waals surface area contributed by atoms with E-state index >= 15 is 0 Å². The predicted octanol–water partition coefficient (Wildman–Crippen LogP) is 3.41. The van der Waals surface area contributed by atoms with Crippen molar-refractivity contribution in [1.82, 2.24) is 4.98 Å². The number of nitrogens with one attached hydrogen (secondary N) is 1. The molecule has 1 unspecified atom stereocenters. The van der Waals surface area contributed by atoms with Crippen molar-refractivity contribution in [3.63, 3.8) is 0 Å². The first-order chi connectivity index (χ1) is 9.24. The summed E-state index contributed by atoms with van der Waals surface area (Å²) in [5.41, 5.74) is 1.93. The van der Waals surface area contributed by atoms with Gasteiger partial charge in [-0.1, -0.05) is 11.6 Å². The van der Waals surface area contributed by atoms with Gasteiger partial charge in [0.1, 0.15) is 0 Å². The van der Waals surface area contributed by atoms with Crippen LogP contribution in [0.15, 0.2) is 30.5 Å². The second kappa shape index (κ2) is 6.98. The van der Waals surface area contributed by atoms with Crippen LogP contribution in [-0.2, 0) is 0 Å². The van der Waals surface area contributed by atoms with Crippen LogP contribution in [0.3, 0.4) is 0 Å². The Morgan fingerprint density at radius 1 is 1.42 bits per heavy atom. The molecule has 1 atom stereocenters. The summed E-state index contributed by atoms with van der Waals surface area (Å²) >= 11 is 7.81. The van der Waals surface area contributed by atoms with E-state index in [-0.39, 0.29) is 12.6 Å². The molecular formula is C14H17ClN2OS. The van der Waals surface area contributed by atoms with Crippen LogP contribution in [0, 0.1) is 0 Å². The number of anilines is 1. The molecular weight excluding hydrogens is 280 g/mol. The first kappa shape index (κ1) is 14.4. The summed E-state index contributed by atoms with van der Waals surface area (Å²) in [4.78, 5) is 4.33. The largest absolute Gasteiger partial charge is 0.396 e. The highest BCUT2D eigenvalue weighted by Crippen LogP contribution is 2.26. The molecule has 0 amide bonds. The predicted molar refractivity (Wildman–Crippen MR) is 84.2 cm³/mol. The van der Waals surface area contributed by atoms with Gasteiger partial charge in [-0.15, -0.1) is 0 Å². The second-order valence-corrected chi connectivity index (χ2v) is 5.68. The van der Waals surface area contributed by atoms with Crippen molar-refractivity contribution in [1.29, 1.82) is 0 Å². The van der Waals surface area contributed by atoms with E-state index in [9.17, 15) is 0 Å². The maximum absolute atomic E-state index is 9.12. The van der Waals surface area contributed by atoms with Gasteiger partial charge in [0, 0.05) is 40.7 Å². The molecule has 3 nitrogen and oxygen atoms in total. The molecule has 0 fully saturated rings. The number of aliphatic hydroxyl groups is 1. The van der Waals surface area contributed by atoms with Crippen LogP contribution in [-0.4, -0.2) is 34.7 Å². The molecule has 0 saturated heterocycles. The first-order valence-corrected chi connectivity index (χ1v) is 7.92. The normalized spacial score (nSPS) is 12.6. The van der Waals surface area contributed by atoms with Crippen molar-refractivity contribution in [2.24, 2.45) is 0 Å². The lowest BCUT2D eigenvalue weighted by Crippen LogP contribution is -2.23. The maximum atomic E-state index is 9.12. The summed E-state index contributed by atoms with van der Waals surface area (Å²) in [6.07, 6.45) is 4.58. The number of benzene rings is 1. The van der Waals surface area contributed by atoms with Gasteiger partial charge in [-0.25, -0.2) is 0 Å². The quantitative estimate of drug-likeness (QED) is 0.857. The number of hydrogen-bond donors (Lipinski definition) is 2. The Labute approximate surface area is 122 Å². The van der Waals surface area contributed by atoms with Crippen molar-refractivity contribution < 1.29 is 5.11 Å². The van der Waals surface area contributed by atoms with Crippen LogP contribution >= 0.6 is 23.4 Å². The fourth-order valence-electron chi connectivity index (χ4n) is 2.02. The summed E-state index contributed by atoms with van der Waals surface area (Å²) in [5.74, 6) is 0.949. The molecule has 0 spiro atoms. The average Bonchev–Trinajstić information content (AvgIpc) is 2.40. The first-order valence-electron chi connectivity index (χ1n) is 6.15. The van der Waals surface area contributed by atoms with E-state index in [1.807, 2.05) is 24.3 Å². The third-order valence-electron chi connectivity index (χ3n) is 2.91. The lowest BCUT2D eigenvalue weighted by Gasteiger charge is -2.19. The lowest BCUT2D eigenvalue weighted by molar-refractivity contribution is 0.282. The minimum atomic E-state index is 0.183. The van der Waals surface area contributed by atoms with Crippen LogP contribution < -0.4 is 5.32 Å². The van der Waals surface area contributed by atoms with Crippen LogP contribution in [0.25, 0.3) is 10.9 Å². The topological polar surface area (TPSA) is 45.1 Å². The van der Waals surface area contributed by atoms with Gasteiger partial charge in [0.25, 0.3) is 0 Å². The Kier molecular flexibility index (Phi) is 5.31. The van der Waals surface area contributed by atoms with Crippen LogP contribution in [0.1, 0.15) is 6.42 Å². The fraction of sp³-hybridized carbons (Fsp3) is 0.357. The third kappa shape index (κ3) is 3.75. The number of fused-ring (bicyclic) bond motifs is 1. The van der Waals surface area contributed by atoms with Crippen molar-refractivity contribution in [3.8, 4) is 0 Å². The van der Waals surface area contributed by atoms with Gasteiger partial charge in [0.05, 0.1) is 5.52 Å². The van der Waals surface area contributed by atoms with E-state index in [1.54, 1.807) is 18.0 Å². The number of nitrogens with zero attached hydrogens (tertiary/aromatic N) is 1. The lowest BCUT2D eigenvalue weighted by atomic mass is 10.1. The molecule has 0 radical (unpaired) electrons. The molecule has 0 aliphatic rings. The highest BCUT2D eigenvalue weighted by Gasteiger charge is 2.10. The van der Waals surface area contributed by atoms with Gasteiger partial charge in [0.2, 0.25) is 0 Å². The highest BCUT2D eigenvalue weighted by atomic mass is 35.5. The highest BCUT2D eigenvalue weighted by molar-refractivity contribution is 7.98. The van der Waals surface area contributed by atoms with Crippen molar-refractivity contribution in [2.45, 2.75) is 12.5 Å². The summed E-state index contributed by atoms with van der Waals surface area (Å²) in [6.45, 7) is 0.183. The van der Waals surface area contributed by atoms with Gasteiger partial charge in [-0.3, -0.25) is 4.98 Å². The van der Waals surface area contributed by atoms with E-state index < -0.39 is 0 Å². The van der Waals surface area contributed by atoms with Gasteiger partial charge in [-0.2, -0.15) is 11.8 Å². The zero-order valence-electron chi connectivity index (χ0n) is 10.8. The molecule has 2 rings (SSSR count). The number of rotatable bonds is 6. The Morgan fingerprint density at radius 3 is 3.00 bits per heavy atom. The smallest absolute Gasteiger partial charge is 0.0723 e. The van der Waals surface area contributed by atoms with E-state index in [0.29, 0.717) is 5.02 Å². The number of thioether (sulfide) groups is 1. The number of halogens is 1. The van der Waals surface area contributed by atoms with Crippen LogP contribution in [0.5, 0.6) is 0 Å². The zero-order valence-corrected chi connectivity index (χ0v) is 12.3. The number of aliphatic hydroxyl groups excluding tert-OH is 1. The minimum Gasteiger partial charge on any atom is -0.396 e. The van der Waals surface area contributed by atoms with Crippen molar-refractivity contribution in [2.75, 3.05) is 23.9 Å². The minimum absolute atomic E-state index is 0.183. The molecule has 1 heterocycles. The maximum Gasteiger partial charge on any atom is 0.0723 e. The molecule has 2 N–H and O–H groups in total. The molecule has 1 aromatic heterocycles. The SMILES string of the molecule is CSCC(CCO)Nc1ccnc2ccc(Cl)cc12. The Morgan fingerprint density at radius 2 is 2.26 bits per heavy atom. The average molecular weight is 297 g/mol. The van der Waals surface area contributed by atoms with E-state index in [1.165, 1.54) is 0 Å². The van der Waals surface area contributed by atoms with Gasteiger partial charge < -0.3 is 10.4 Å². The number of pyridine rings is 1. The summed E-state index contributed by atoms with van der Waals surface area (Å²) in [5, 5.41) is 14.3. The fourth-order valence-corrected chi connectivity index (χ4v) is 2.84. The third-order valence-corrected chi connectivity index (χ3v) is 3.88. The molecule has 1 aromatic carbocycles. The monoisotopic (exact) mass is 296 g/mol. The number of hydrogen-bond acceptors (Lipinski definition) is 4. The Bertz CT molecular complexity index is 544. The Hall–Kier alpha value is -0.970. The van der Waals surface area contributed by atoms with Crippen molar-refractivity contribution >= 4 is 40.0 Å². The van der Waals surface area contributed by atoms with Crippen LogP contribution in [0.2, 0.25) is 5.02 Å². The van der Waals surface area contributed by atoms with E-state index in [0.717, 1.165) is 28.8 Å². The van der Waals surface area contributed by atoms with Crippen molar-refractivity contribution in [3.05, 3.63) is 35.5 Å². The molecule has 0 bridgehead atoms. The summed E-state index contributed by atoms with van der Waals surface area (Å²) in [6, 6.07) is 7.86. The number of aromatic nitrogens is 1. The van der Waals surface area contributed by atoms with E-state index in [4.69, 9.17) is 16.7 Å². The van der Waals surface area contributed by atoms with Crippen LogP contribution in [0.4, 0.5) is 5.69 Å². The van der Waals surface area contributed by atoms with Gasteiger partial charge in [0.15, 0.2) is 0 Å². The molecule has 0 saturated carbocycles. The second-order valence-electron chi connectivity index (χ2n) is 4.33. The molecule has 19 heavy (non-hydrogen) atoms. The summed E-state index contributed by atoms with van der Waals surface area (Å²) < 4.78 is 0. The summed E-state index contributed by atoms with van der Waals surface area (Å²) in [7, 11) is 0.